The lowest BCUT2D eigenvalue weighted by atomic mass is 9.96. The van der Waals surface area contributed by atoms with Crippen molar-refractivity contribution in [3.05, 3.63) is 59.2 Å². The summed E-state index contributed by atoms with van der Waals surface area (Å²) in [5, 5.41) is 9.45. The van der Waals surface area contributed by atoms with Crippen molar-refractivity contribution in [2.45, 2.75) is 38.6 Å². The van der Waals surface area contributed by atoms with Crippen molar-refractivity contribution >= 4 is 11.8 Å². The van der Waals surface area contributed by atoms with Crippen LogP contribution in [0, 0.1) is 12.8 Å². The first-order valence-electron chi connectivity index (χ1n) is 10.6. The van der Waals surface area contributed by atoms with E-state index >= 15 is 0 Å². The van der Waals surface area contributed by atoms with Gasteiger partial charge >= 0.3 is 0 Å². The summed E-state index contributed by atoms with van der Waals surface area (Å²) < 4.78 is 0. The van der Waals surface area contributed by atoms with Gasteiger partial charge in [0, 0.05) is 23.7 Å². The summed E-state index contributed by atoms with van der Waals surface area (Å²) in [6, 6.07) is 13.8. The molecule has 0 bridgehead atoms. The minimum atomic E-state index is -0.0237. The fraction of sp³-hybridized carbons (Fsp3) is 0.417. The normalized spacial score (nSPS) is 17.0. The second-order valence-corrected chi connectivity index (χ2v) is 8.26. The van der Waals surface area contributed by atoms with Crippen LogP contribution in [0.1, 0.15) is 52.0 Å². The van der Waals surface area contributed by atoms with E-state index in [1.807, 2.05) is 49.4 Å². The van der Waals surface area contributed by atoms with Crippen molar-refractivity contribution in [3.8, 4) is 11.1 Å². The highest BCUT2D eigenvalue weighted by atomic mass is 16.2. The maximum Gasteiger partial charge on any atom is 0.251 e. The zero-order valence-corrected chi connectivity index (χ0v) is 17.0. The van der Waals surface area contributed by atoms with E-state index in [9.17, 15) is 9.59 Å². The van der Waals surface area contributed by atoms with Crippen molar-refractivity contribution in [2.75, 3.05) is 19.6 Å². The molecule has 3 N–H and O–H groups in total. The Morgan fingerprint density at radius 3 is 2.31 bits per heavy atom. The van der Waals surface area contributed by atoms with E-state index in [4.69, 9.17) is 0 Å². The molecule has 152 valence electrons. The average Bonchev–Trinajstić information content (AvgIpc) is 3.57. The largest absolute Gasteiger partial charge is 0.352 e. The molecular formula is C24H29N3O2. The Balaban J connectivity index is 1.42. The van der Waals surface area contributed by atoms with Crippen molar-refractivity contribution in [1.82, 2.24) is 16.0 Å². The van der Waals surface area contributed by atoms with Gasteiger partial charge in [0.25, 0.3) is 11.8 Å². The van der Waals surface area contributed by atoms with E-state index in [1.165, 1.54) is 0 Å². The van der Waals surface area contributed by atoms with Crippen LogP contribution in [-0.2, 0) is 0 Å². The van der Waals surface area contributed by atoms with E-state index in [0.29, 0.717) is 23.1 Å². The van der Waals surface area contributed by atoms with Gasteiger partial charge in [-0.25, -0.2) is 0 Å². The Labute approximate surface area is 172 Å². The standard InChI is InChI=1S/C24H29N3O2/c1-16-2-3-20(24(29)27-21-8-9-21)14-22(16)18-4-6-19(7-5-18)23(28)26-15-17-10-12-25-13-11-17/h2-7,14,17,21,25H,8-13,15H2,1H3,(H,26,28)(H,27,29). The number of hydrogen-bond donors (Lipinski definition) is 3. The highest BCUT2D eigenvalue weighted by Gasteiger charge is 2.24. The molecule has 1 saturated carbocycles. The van der Waals surface area contributed by atoms with Crippen LogP contribution in [0.4, 0.5) is 0 Å². The number of carbonyl (C=O) groups excluding carboxylic acids is 2. The molecule has 4 rings (SSSR count). The van der Waals surface area contributed by atoms with E-state index in [1.54, 1.807) is 0 Å². The van der Waals surface area contributed by atoms with Gasteiger partial charge in [0.1, 0.15) is 0 Å². The van der Waals surface area contributed by atoms with Crippen molar-refractivity contribution in [2.24, 2.45) is 5.92 Å². The number of rotatable bonds is 6. The third-order valence-electron chi connectivity index (χ3n) is 5.88. The minimum Gasteiger partial charge on any atom is -0.352 e. The van der Waals surface area contributed by atoms with Gasteiger partial charge in [0.05, 0.1) is 0 Å². The monoisotopic (exact) mass is 391 g/mol. The Morgan fingerprint density at radius 2 is 1.62 bits per heavy atom. The van der Waals surface area contributed by atoms with E-state index in [2.05, 4.69) is 16.0 Å². The van der Waals surface area contributed by atoms with Crippen LogP contribution in [0.3, 0.4) is 0 Å². The van der Waals surface area contributed by atoms with Crippen molar-refractivity contribution in [3.63, 3.8) is 0 Å². The Kier molecular flexibility index (Phi) is 5.95. The van der Waals surface area contributed by atoms with Crippen LogP contribution >= 0.6 is 0 Å². The smallest absolute Gasteiger partial charge is 0.251 e. The van der Waals surface area contributed by atoms with Crippen LogP contribution in [0.15, 0.2) is 42.5 Å². The average molecular weight is 392 g/mol. The van der Waals surface area contributed by atoms with Gasteiger partial charge in [-0.05, 0) is 92.6 Å². The third kappa shape index (κ3) is 5.04. The molecule has 1 saturated heterocycles. The van der Waals surface area contributed by atoms with Crippen LogP contribution < -0.4 is 16.0 Å². The lowest BCUT2D eigenvalue weighted by Gasteiger charge is -2.22. The molecule has 1 aliphatic carbocycles. The molecule has 5 nitrogen and oxygen atoms in total. The second kappa shape index (κ2) is 8.78. The number of benzene rings is 2. The predicted octanol–water partition coefficient (Wildman–Crippen LogP) is 3.28. The molecule has 2 aromatic rings. The number of hydrogen-bond acceptors (Lipinski definition) is 3. The number of nitrogens with one attached hydrogen (secondary N) is 3. The van der Waals surface area contributed by atoms with E-state index in [0.717, 1.165) is 62.0 Å². The minimum absolute atomic E-state index is 0.0114. The maximum atomic E-state index is 12.5. The summed E-state index contributed by atoms with van der Waals surface area (Å²) in [6.45, 7) is 4.84. The molecule has 2 amide bonds. The molecule has 29 heavy (non-hydrogen) atoms. The first-order valence-corrected chi connectivity index (χ1v) is 10.6. The van der Waals surface area contributed by atoms with E-state index in [-0.39, 0.29) is 11.8 Å². The highest BCUT2D eigenvalue weighted by Crippen LogP contribution is 2.26. The molecule has 0 atom stereocenters. The molecule has 1 aliphatic heterocycles. The summed E-state index contributed by atoms with van der Waals surface area (Å²) in [4.78, 5) is 24.8. The quantitative estimate of drug-likeness (QED) is 0.708. The molecule has 2 aliphatic rings. The van der Waals surface area contributed by atoms with Crippen LogP contribution in [0.25, 0.3) is 11.1 Å². The van der Waals surface area contributed by atoms with Gasteiger partial charge in [-0.2, -0.15) is 0 Å². The molecule has 0 radical (unpaired) electrons. The molecule has 2 aromatic carbocycles. The second-order valence-electron chi connectivity index (χ2n) is 8.26. The first-order chi connectivity index (χ1) is 14.1. The number of aryl methyl sites for hydroxylation is 1. The number of amides is 2. The van der Waals surface area contributed by atoms with Crippen LogP contribution in [0.2, 0.25) is 0 Å². The summed E-state index contributed by atoms with van der Waals surface area (Å²) in [7, 11) is 0. The molecule has 5 heteroatoms. The Hall–Kier alpha value is -2.66. The molecular weight excluding hydrogens is 362 g/mol. The fourth-order valence-corrected chi connectivity index (χ4v) is 3.80. The Morgan fingerprint density at radius 1 is 0.931 bits per heavy atom. The highest BCUT2D eigenvalue weighted by molar-refractivity contribution is 5.97. The predicted molar refractivity (Wildman–Crippen MR) is 115 cm³/mol. The maximum absolute atomic E-state index is 12.5. The summed E-state index contributed by atoms with van der Waals surface area (Å²) in [5.41, 5.74) is 4.49. The third-order valence-corrected chi connectivity index (χ3v) is 5.88. The molecule has 0 spiro atoms. The molecule has 2 fully saturated rings. The lowest BCUT2D eigenvalue weighted by molar-refractivity contribution is 0.0939. The van der Waals surface area contributed by atoms with E-state index < -0.39 is 0 Å². The molecule has 1 heterocycles. The zero-order valence-electron chi connectivity index (χ0n) is 17.0. The van der Waals surface area contributed by atoms with Gasteiger partial charge in [0.2, 0.25) is 0 Å². The topological polar surface area (TPSA) is 70.2 Å². The van der Waals surface area contributed by atoms with Crippen LogP contribution in [-0.4, -0.2) is 37.5 Å². The van der Waals surface area contributed by atoms with Crippen molar-refractivity contribution in [1.29, 1.82) is 0 Å². The fourth-order valence-electron chi connectivity index (χ4n) is 3.80. The summed E-state index contributed by atoms with van der Waals surface area (Å²) in [6.07, 6.45) is 4.38. The molecule has 0 unspecified atom stereocenters. The first kappa shape index (κ1) is 19.6. The Bertz CT molecular complexity index is 881. The number of piperidine rings is 1. The van der Waals surface area contributed by atoms with Gasteiger partial charge in [-0.1, -0.05) is 18.2 Å². The SMILES string of the molecule is Cc1ccc(C(=O)NC2CC2)cc1-c1ccc(C(=O)NCC2CCNCC2)cc1. The molecule has 0 aromatic heterocycles. The van der Waals surface area contributed by atoms with Gasteiger partial charge in [-0.3, -0.25) is 9.59 Å². The van der Waals surface area contributed by atoms with Gasteiger partial charge in [0.15, 0.2) is 0 Å². The zero-order chi connectivity index (χ0) is 20.2. The van der Waals surface area contributed by atoms with Crippen molar-refractivity contribution < 1.29 is 9.59 Å². The van der Waals surface area contributed by atoms with Crippen LogP contribution in [0.5, 0.6) is 0 Å². The van der Waals surface area contributed by atoms with Gasteiger partial charge in [-0.15, -0.1) is 0 Å². The number of carbonyl (C=O) groups is 2. The van der Waals surface area contributed by atoms with Gasteiger partial charge < -0.3 is 16.0 Å². The summed E-state index contributed by atoms with van der Waals surface area (Å²) >= 11 is 0. The summed E-state index contributed by atoms with van der Waals surface area (Å²) in [5.74, 6) is 0.527. The lowest BCUT2D eigenvalue weighted by Crippen LogP contribution is -2.35.